The van der Waals surface area contributed by atoms with Crippen LogP contribution >= 0.6 is 0 Å². The molecule has 0 aromatic carbocycles. The fourth-order valence-electron chi connectivity index (χ4n) is 2.58. The third-order valence-corrected chi connectivity index (χ3v) is 3.98. The molecule has 39 heteroatoms. The van der Waals surface area contributed by atoms with E-state index in [1.54, 1.807) is 24.8 Å². The molecule has 0 aliphatic heterocycles. The summed E-state index contributed by atoms with van der Waals surface area (Å²) >= 11 is 0. The first kappa shape index (κ1) is 193. The molecule has 79 heavy (non-hydrogen) atoms. The zero-order valence-electron chi connectivity index (χ0n) is 44.8. The van der Waals surface area contributed by atoms with Crippen molar-refractivity contribution >= 4 is 34.8 Å². The van der Waals surface area contributed by atoms with Gasteiger partial charge in [-0.2, -0.15) is 56.9 Å². The number of pyridine rings is 4. The first-order valence-electron chi connectivity index (χ1n) is 16.2. The number of anilines is 4. The molecular formula is C40H64Cu2N6O25V6-20. The summed E-state index contributed by atoms with van der Waals surface area (Å²) in [6, 6.07) is 22.8. The Morgan fingerprint density at radius 2 is 0.481 bits per heavy atom. The van der Waals surface area contributed by atoms with E-state index in [0.29, 0.717) is 0 Å². The molecule has 0 spiro atoms. The Balaban J connectivity index is -0.0000000133. The number of allylic oxidation sites excluding steroid dienone is 4. The molecule has 0 fully saturated rings. The van der Waals surface area contributed by atoms with Gasteiger partial charge in [-0.15, -0.1) is 11.5 Å². The normalized spacial score (nSPS) is 5.92. The van der Waals surface area contributed by atoms with Gasteiger partial charge in [0.05, 0.1) is 0 Å². The van der Waals surface area contributed by atoms with Crippen LogP contribution in [0.2, 0.25) is 0 Å². The van der Waals surface area contributed by atoms with Crippen LogP contribution in [0.15, 0.2) is 121 Å². The van der Waals surface area contributed by atoms with Gasteiger partial charge in [0.15, 0.2) is 11.6 Å². The Hall–Kier alpha value is -1.67. The van der Waals surface area contributed by atoms with Gasteiger partial charge >= 0.3 is 71.2 Å². The molecule has 0 aliphatic rings. The molecule has 0 unspecified atom stereocenters. The number of aromatic nitrogens is 4. The van der Waals surface area contributed by atoms with Crippen LogP contribution in [0.1, 0.15) is 27.7 Å². The topological polar surface area (TPSA) is 694 Å². The van der Waals surface area contributed by atoms with Crippen LogP contribution in [0, 0.1) is 0 Å². The van der Waals surface area contributed by atoms with Crippen molar-refractivity contribution in [1.29, 1.82) is 0 Å². The number of rotatable bonds is 6. The molecule has 4 aromatic rings. The zero-order valence-corrected chi connectivity index (χ0v) is 55.0. The molecule has 0 aliphatic carbocycles. The van der Waals surface area contributed by atoms with E-state index in [1.807, 2.05) is 72.8 Å². The number of carbonyl (C=O) groups is 2. The molecule has 0 bridgehead atoms. The fraction of sp³-hybridized carbons (Fsp3) is 0.350. The second kappa shape index (κ2) is 202. The Morgan fingerprint density at radius 3 is 0.544 bits per heavy atom. The van der Waals surface area contributed by atoms with Crippen molar-refractivity contribution in [2.75, 3.05) is 81.7 Å². The number of nitrogens with one attached hydrogen (secondary N) is 2. The Bertz CT molecular complexity index is 1220. The second-order valence-electron chi connectivity index (χ2n) is 7.84. The monoisotopic (exact) mass is 1460 g/mol. The van der Waals surface area contributed by atoms with Crippen molar-refractivity contribution in [2.24, 2.45) is 0 Å². The summed E-state index contributed by atoms with van der Waals surface area (Å²) in [6.45, 7) is 5.39. The van der Waals surface area contributed by atoms with Gasteiger partial charge in [-0.3, -0.25) is 9.59 Å². The van der Waals surface area contributed by atoms with Crippen molar-refractivity contribution in [1.82, 2.24) is 19.9 Å². The van der Waals surface area contributed by atoms with E-state index < -0.39 is 0 Å². The van der Waals surface area contributed by atoms with Crippen LogP contribution in [0.5, 0.6) is 0 Å². The Kier molecular flexibility index (Phi) is 493. The average molecular weight is 1460 g/mol. The van der Waals surface area contributed by atoms with E-state index in [1.165, 1.54) is 27.7 Å². The summed E-state index contributed by atoms with van der Waals surface area (Å²) in [5.74, 6) is 2.48. The predicted molar refractivity (Wildman–Crippen MR) is 224 cm³/mol. The van der Waals surface area contributed by atoms with Crippen molar-refractivity contribution in [3.05, 3.63) is 121 Å². The molecule has 0 saturated carbocycles. The zero-order chi connectivity index (χ0) is 49.6. The maximum absolute atomic E-state index is 9.98. The number of hydrogen-bond donors (Lipinski definition) is 4. The van der Waals surface area contributed by atoms with E-state index in [9.17, 15) is 19.8 Å². The molecule has 0 saturated heterocycles. The van der Waals surface area contributed by atoms with Gasteiger partial charge in [0, 0.05) is 113 Å². The van der Waals surface area contributed by atoms with Crippen molar-refractivity contribution in [3.63, 3.8) is 0 Å². The third kappa shape index (κ3) is 196. The largest absolute Gasteiger partial charge is 4.00 e. The van der Waals surface area contributed by atoms with Crippen LogP contribution in [0.25, 0.3) is 0 Å². The van der Waals surface area contributed by atoms with E-state index in [2.05, 4.69) is 30.6 Å². The van der Waals surface area contributed by atoms with Crippen LogP contribution < -0.4 is 61.7 Å². The quantitative estimate of drug-likeness (QED) is 0.0793. The minimum absolute atomic E-state index is 0. The molecule has 4 rings (SSSR count). The Morgan fingerprint density at radius 1 is 0.354 bits per heavy atom. The molecule has 4 heterocycles. The molecular weight excluding hydrogens is 1400 g/mol. The number of ketones is 2. The molecule has 8 radical (unpaired) electrons. The van der Waals surface area contributed by atoms with Crippen LogP contribution in [0.3, 0.4) is 0 Å². The van der Waals surface area contributed by atoms with Gasteiger partial charge < -0.3 is 132 Å². The summed E-state index contributed by atoms with van der Waals surface area (Å²) in [6.07, 6.45) is 9.08. The summed E-state index contributed by atoms with van der Waals surface area (Å²) in [5, 5.41) is 106. The van der Waals surface area contributed by atoms with E-state index in [-0.39, 0.29) is 229 Å². The average Bonchev–Trinajstić information content (AvgIpc) is 3.32. The van der Waals surface area contributed by atoms with E-state index in [0.717, 1.165) is 107 Å². The first-order valence-corrected chi connectivity index (χ1v) is 16.2. The Labute approximate surface area is 557 Å². The van der Waals surface area contributed by atoms with E-state index in [4.69, 9.17) is 51.1 Å². The molecule has 4 N–H and O–H groups in total. The number of nitrogens with zero attached hydrogens (tertiary/aromatic N) is 4. The van der Waals surface area contributed by atoms with Gasteiger partial charge in [-0.1, -0.05) is 38.1 Å². The maximum atomic E-state index is 9.98. The van der Waals surface area contributed by atoms with Gasteiger partial charge in [0.1, 0.15) is 23.3 Å². The number of hydrogen-bond acceptors (Lipinski definition) is 20. The van der Waals surface area contributed by atoms with Crippen LogP contribution in [-0.2, 0) is 215 Å². The van der Waals surface area contributed by atoms with Crippen LogP contribution in [-0.4, -0.2) is 113 Å². The predicted octanol–water partition coefficient (Wildman–Crippen LogP) is -6.18. The fourth-order valence-corrected chi connectivity index (χ4v) is 2.58. The standard InChI is InChI=1S/2C10H9N3.2C5H8O2.2CH4O.8CH3O.2Cu.11O.6V/c2*1-3-7-11-9(5-1)13-10-6-2-4-8-12-10;2*1-4(6)3-5(2)7;10*1-2;;;;;;;;;;;;;;;;;;;/h2*1-8H,(H,11,12,13);2*3,6H,1-2H3;2*2H,1H3;8*1H3;;;;;;;;;;;;;;;;;;;/q;;;;;;8*-1;2*+2;11*-2;;;;;2*+4/p-2/b;;2*4-3-;;;;;;;;;;;;;;;;;;;;;;;;;;;;;. The van der Waals surface area contributed by atoms with Crippen molar-refractivity contribution < 1.29 is 277 Å². The number of carbonyl (C=O) groups excluding carboxylic acids is 2. The van der Waals surface area contributed by atoms with E-state index >= 15 is 0 Å². The summed E-state index contributed by atoms with van der Waals surface area (Å²) in [4.78, 5) is 36.4. The summed E-state index contributed by atoms with van der Waals surface area (Å²) < 4.78 is 0. The van der Waals surface area contributed by atoms with Crippen molar-refractivity contribution in [2.45, 2.75) is 27.7 Å². The first-order chi connectivity index (χ1) is 29.2. The molecule has 0 atom stereocenters. The molecule has 0 amide bonds. The molecule has 4 aromatic heterocycles. The van der Waals surface area contributed by atoms with Gasteiger partial charge in [-0.25, -0.2) is 19.9 Å². The SMILES string of the molecule is CC(=O)/C=C(/C)[O-].CC(=O)/C=C(/C)[O-].CO.CO.C[O-].C[O-].C[O-].C[O-].C[O-].C[O-].C[O-].C[O-].[Cu+2].[Cu+2].[O-2].[O-2].[O-2].[O-2].[O-2].[O-2].[O-2].[O-2].[O-2].[O-2].[O-2].[V+4].[V+4].[V].[V].[V].[V].c1ccc(Nc2ccccn2)nc1.c1ccc(Nc2ccccn2)nc1. The van der Waals surface area contributed by atoms with Crippen LogP contribution in [0.4, 0.5) is 23.3 Å². The maximum Gasteiger partial charge on any atom is 4.00 e. The number of aliphatic hydroxyl groups excluding tert-OH is 2. The molecule has 31 nitrogen and oxygen atoms in total. The van der Waals surface area contributed by atoms with Crippen molar-refractivity contribution in [3.8, 4) is 0 Å². The van der Waals surface area contributed by atoms with Gasteiger partial charge in [0.2, 0.25) is 0 Å². The molecule has 476 valence electrons. The van der Waals surface area contributed by atoms with Gasteiger partial charge in [-0.05, 0) is 74.5 Å². The minimum atomic E-state index is -0.187. The summed E-state index contributed by atoms with van der Waals surface area (Å²) in [5.41, 5.74) is 0. The minimum Gasteiger partial charge on any atom is -2.00 e. The number of aliphatic hydroxyl groups is 2. The third-order valence-electron chi connectivity index (χ3n) is 3.98. The second-order valence-corrected chi connectivity index (χ2v) is 7.84. The van der Waals surface area contributed by atoms with Gasteiger partial charge in [0.25, 0.3) is 0 Å². The summed E-state index contributed by atoms with van der Waals surface area (Å²) in [7, 11) is 8.00. The smallest absolute Gasteiger partial charge is 2.00 e.